The van der Waals surface area contributed by atoms with Crippen molar-refractivity contribution in [2.75, 3.05) is 0 Å². The number of rotatable bonds is 6. The molecule has 1 heterocycles. The van der Waals surface area contributed by atoms with Crippen LogP contribution in [-0.2, 0) is 10.8 Å². The third-order valence-corrected chi connectivity index (χ3v) is 14.6. The van der Waals surface area contributed by atoms with Crippen LogP contribution in [-0.4, -0.2) is 9.97 Å². The second kappa shape index (κ2) is 14.7. The van der Waals surface area contributed by atoms with E-state index < -0.39 is 5.41 Å². The number of hydrogen-bond donors (Lipinski definition) is 0. The fraction of sp³-hybridized carbons (Fsp3) is 0.0625. The molecule has 0 atom stereocenters. The van der Waals surface area contributed by atoms with E-state index in [1.807, 2.05) is 0 Å². The van der Waals surface area contributed by atoms with Gasteiger partial charge < -0.3 is 0 Å². The van der Waals surface area contributed by atoms with Crippen LogP contribution in [0.1, 0.15) is 47.2 Å². The summed E-state index contributed by atoms with van der Waals surface area (Å²) in [6.07, 6.45) is 0. The van der Waals surface area contributed by atoms with E-state index >= 15 is 0 Å². The van der Waals surface area contributed by atoms with Crippen molar-refractivity contribution in [3.8, 4) is 67.3 Å². The van der Waals surface area contributed by atoms with Gasteiger partial charge in [-0.1, -0.05) is 226 Å². The second-order valence-corrected chi connectivity index (χ2v) is 18.4. The minimum Gasteiger partial charge on any atom is -0.228 e. The molecule has 1 aromatic heterocycles. The van der Waals surface area contributed by atoms with Gasteiger partial charge in [0.1, 0.15) is 0 Å². The van der Waals surface area contributed by atoms with Crippen LogP contribution >= 0.6 is 0 Å². The molecule has 0 fully saturated rings. The normalized spacial score (nSPS) is 13.8. The number of nitrogens with zero attached hydrogens (tertiary/aromatic N) is 2. The predicted molar refractivity (Wildman–Crippen MR) is 274 cm³/mol. The average Bonchev–Trinajstić information content (AvgIpc) is 3.82. The summed E-state index contributed by atoms with van der Waals surface area (Å²) in [6, 6.07) is 84.2. The van der Waals surface area contributed by atoms with E-state index in [1.165, 1.54) is 82.9 Å². The van der Waals surface area contributed by atoms with Crippen molar-refractivity contribution in [2.45, 2.75) is 24.7 Å². The first-order chi connectivity index (χ1) is 32.5. The Morgan fingerprint density at radius 1 is 0.333 bits per heavy atom. The fourth-order valence-electron chi connectivity index (χ4n) is 11.7. The lowest BCUT2D eigenvalue weighted by molar-refractivity contribution is 0.666. The maximum atomic E-state index is 5.54. The SMILES string of the molecule is CC1(C)c2cccc(-c3ccc(-c4nc(-c5ccccc5)cc(-c5ccc6c(c5)C(c5ccccc5)(c5ccccc5)c5ccccc5-6)n4)c4ccccc34)c2-c2ccc3ccccc3c21. The highest BCUT2D eigenvalue weighted by Gasteiger charge is 2.46. The molecule has 0 bridgehead atoms. The van der Waals surface area contributed by atoms with Crippen molar-refractivity contribution < 1.29 is 0 Å². The Labute approximate surface area is 385 Å². The molecule has 2 heteroatoms. The van der Waals surface area contributed by atoms with Gasteiger partial charge in [0.05, 0.1) is 16.8 Å². The first-order valence-corrected chi connectivity index (χ1v) is 23.0. The monoisotopic (exact) mass is 840 g/mol. The van der Waals surface area contributed by atoms with Crippen LogP contribution in [0.5, 0.6) is 0 Å². The lowest BCUT2D eigenvalue weighted by Gasteiger charge is -2.34. The van der Waals surface area contributed by atoms with Crippen LogP contribution in [0.25, 0.3) is 88.8 Å². The molecule has 0 aliphatic heterocycles. The quantitative estimate of drug-likeness (QED) is 0.167. The first-order valence-electron chi connectivity index (χ1n) is 23.0. The van der Waals surface area contributed by atoms with Gasteiger partial charge in [-0.05, 0) is 107 Å². The van der Waals surface area contributed by atoms with Gasteiger partial charge in [-0.3, -0.25) is 0 Å². The third-order valence-electron chi connectivity index (χ3n) is 14.6. The van der Waals surface area contributed by atoms with Crippen molar-refractivity contribution >= 4 is 21.5 Å². The summed E-state index contributed by atoms with van der Waals surface area (Å²) in [7, 11) is 0. The van der Waals surface area contributed by atoms with E-state index in [2.05, 4.69) is 244 Å². The maximum Gasteiger partial charge on any atom is 0.161 e. The Morgan fingerprint density at radius 3 is 1.61 bits per heavy atom. The lowest BCUT2D eigenvalue weighted by Crippen LogP contribution is -2.28. The number of aromatic nitrogens is 2. The molecule has 0 radical (unpaired) electrons. The van der Waals surface area contributed by atoms with Crippen LogP contribution in [0.4, 0.5) is 0 Å². The van der Waals surface area contributed by atoms with E-state index in [-0.39, 0.29) is 5.41 Å². The topological polar surface area (TPSA) is 25.8 Å². The summed E-state index contributed by atoms with van der Waals surface area (Å²) >= 11 is 0. The molecular weight excluding hydrogens is 797 g/mol. The molecule has 2 nitrogen and oxygen atoms in total. The number of benzene rings is 10. The van der Waals surface area contributed by atoms with Gasteiger partial charge in [-0.25, -0.2) is 9.97 Å². The summed E-state index contributed by atoms with van der Waals surface area (Å²) in [5.74, 6) is 0.700. The fourth-order valence-corrected chi connectivity index (χ4v) is 11.7. The van der Waals surface area contributed by atoms with Gasteiger partial charge in [0.2, 0.25) is 0 Å². The molecule has 0 unspecified atom stereocenters. The Kier molecular flexibility index (Phi) is 8.51. The van der Waals surface area contributed by atoms with E-state index in [9.17, 15) is 0 Å². The van der Waals surface area contributed by atoms with Gasteiger partial charge in [-0.2, -0.15) is 0 Å². The van der Waals surface area contributed by atoms with Gasteiger partial charge in [-0.15, -0.1) is 0 Å². The molecule has 0 N–H and O–H groups in total. The van der Waals surface area contributed by atoms with Crippen LogP contribution in [0.2, 0.25) is 0 Å². The minimum atomic E-state index is -0.519. The highest BCUT2D eigenvalue weighted by Crippen LogP contribution is 2.58. The summed E-state index contributed by atoms with van der Waals surface area (Å²) in [4.78, 5) is 10.9. The Bertz CT molecular complexity index is 3680. The second-order valence-electron chi connectivity index (χ2n) is 18.4. The summed E-state index contributed by atoms with van der Waals surface area (Å²) < 4.78 is 0. The van der Waals surface area contributed by atoms with E-state index in [0.29, 0.717) is 5.82 Å². The first kappa shape index (κ1) is 38.3. The molecule has 66 heavy (non-hydrogen) atoms. The molecule has 2 aliphatic rings. The summed E-state index contributed by atoms with van der Waals surface area (Å²) in [5.41, 5.74) is 19.6. The molecule has 310 valence electrons. The molecule has 0 saturated heterocycles. The molecule has 0 amide bonds. The zero-order chi connectivity index (χ0) is 44.0. The van der Waals surface area contributed by atoms with Crippen LogP contribution in [0, 0.1) is 0 Å². The molecule has 0 saturated carbocycles. The molecule has 2 aliphatic carbocycles. The van der Waals surface area contributed by atoms with Crippen molar-refractivity contribution in [3.05, 3.63) is 264 Å². The number of hydrogen-bond acceptors (Lipinski definition) is 2. The van der Waals surface area contributed by atoms with Gasteiger partial charge in [0.25, 0.3) is 0 Å². The molecule has 13 rings (SSSR count). The maximum absolute atomic E-state index is 5.54. The average molecular weight is 841 g/mol. The smallest absolute Gasteiger partial charge is 0.161 e. The van der Waals surface area contributed by atoms with Crippen LogP contribution < -0.4 is 0 Å². The molecule has 10 aromatic carbocycles. The van der Waals surface area contributed by atoms with Crippen LogP contribution in [0.15, 0.2) is 231 Å². The summed E-state index contributed by atoms with van der Waals surface area (Å²) in [5, 5.41) is 4.91. The largest absolute Gasteiger partial charge is 0.228 e. The van der Waals surface area contributed by atoms with Crippen molar-refractivity contribution in [3.63, 3.8) is 0 Å². The Hall–Kier alpha value is -8.20. The Balaban J connectivity index is 1.02. The zero-order valence-corrected chi connectivity index (χ0v) is 36.8. The van der Waals surface area contributed by atoms with Gasteiger partial charge >= 0.3 is 0 Å². The minimum absolute atomic E-state index is 0.151. The van der Waals surface area contributed by atoms with Crippen molar-refractivity contribution in [2.24, 2.45) is 0 Å². The van der Waals surface area contributed by atoms with E-state index in [4.69, 9.17) is 9.97 Å². The van der Waals surface area contributed by atoms with Gasteiger partial charge in [0, 0.05) is 22.1 Å². The molecular formula is C64H44N2. The van der Waals surface area contributed by atoms with Crippen molar-refractivity contribution in [1.82, 2.24) is 9.97 Å². The summed E-state index contributed by atoms with van der Waals surface area (Å²) in [6.45, 7) is 4.76. The highest BCUT2D eigenvalue weighted by atomic mass is 14.9. The van der Waals surface area contributed by atoms with E-state index in [0.717, 1.165) is 33.5 Å². The number of fused-ring (bicyclic) bond motifs is 9. The van der Waals surface area contributed by atoms with E-state index in [1.54, 1.807) is 0 Å². The van der Waals surface area contributed by atoms with Crippen molar-refractivity contribution in [1.29, 1.82) is 0 Å². The van der Waals surface area contributed by atoms with Crippen LogP contribution in [0.3, 0.4) is 0 Å². The lowest BCUT2D eigenvalue weighted by atomic mass is 9.67. The molecule has 0 spiro atoms. The Morgan fingerprint density at radius 2 is 0.864 bits per heavy atom. The predicted octanol–water partition coefficient (Wildman–Crippen LogP) is 16.1. The third kappa shape index (κ3) is 5.55. The standard InChI is InChI=1S/C64H44N2/c1-63(2)56-32-18-30-52(60(56)54-36-33-41-19-12-13-26-46(41)61(54)63)49-37-38-53(48-28-15-14-27-47(48)49)62-65-58(42-20-6-3-7-21-42)40-59(66-62)43-34-35-51-50-29-16-17-31-55(50)64(57(51)39-43,44-22-8-4-9-23-44)45-24-10-5-11-25-45/h3-40H,1-2H3. The zero-order valence-electron chi connectivity index (χ0n) is 36.8. The van der Waals surface area contributed by atoms with Gasteiger partial charge in [0.15, 0.2) is 5.82 Å². The highest BCUT2D eigenvalue weighted by molar-refractivity contribution is 6.09. The molecule has 11 aromatic rings.